The van der Waals surface area contributed by atoms with Gasteiger partial charge in [-0.15, -0.1) is 0 Å². The zero-order valence-electron chi connectivity index (χ0n) is 22.3. The van der Waals surface area contributed by atoms with E-state index in [2.05, 4.69) is 9.47 Å². The standard InChI is InChI=1S/C24H36F6O8/c1-7-22(6,20(34)38-16(3)24(28,29)30)12-10-18(32)36-14-13-35-17(31)9-8-11-21(4,5)19(33)37-15(2)23(25,26)27/h15-16H,7-14H2,1-6H3. The molecule has 0 aliphatic heterocycles. The van der Waals surface area contributed by atoms with Gasteiger partial charge in [-0.3, -0.25) is 19.2 Å². The maximum atomic E-state index is 12.6. The second-order valence-corrected chi connectivity index (χ2v) is 9.77. The lowest BCUT2D eigenvalue weighted by atomic mass is 9.83. The molecule has 0 rings (SSSR count). The average Bonchev–Trinajstić information content (AvgIpc) is 2.78. The minimum Gasteiger partial charge on any atom is -0.462 e. The molecule has 0 saturated heterocycles. The van der Waals surface area contributed by atoms with E-state index in [-0.39, 0.29) is 51.7 Å². The highest BCUT2D eigenvalue weighted by molar-refractivity contribution is 5.78. The van der Waals surface area contributed by atoms with Crippen molar-refractivity contribution in [2.75, 3.05) is 13.2 Å². The van der Waals surface area contributed by atoms with Crippen molar-refractivity contribution in [3.63, 3.8) is 0 Å². The number of halogens is 6. The molecular formula is C24H36F6O8. The van der Waals surface area contributed by atoms with Gasteiger partial charge in [0.25, 0.3) is 0 Å². The zero-order chi connectivity index (χ0) is 29.9. The van der Waals surface area contributed by atoms with Gasteiger partial charge in [-0.2, -0.15) is 26.3 Å². The van der Waals surface area contributed by atoms with Crippen LogP contribution in [-0.2, 0) is 38.1 Å². The lowest BCUT2D eigenvalue weighted by Crippen LogP contribution is -2.38. The van der Waals surface area contributed by atoms with Crippen LogP contribution in [0, 0.1) is 10.8 Å². The maximum Gasteiger partial charge on any atom is 0.425 e. The summed E-state index contributed by atoms with van der Waals surface area (Å²) in [4.78, 5) is 47.9. The summed E-state index contributed by atoms with van der Waals surface area (Å²) in [7, 11) is 0. The van der Waals surface area contributed by atoms with Gasteiger partial charge in [-0.1, -0.05) is 6.92 Å². The van der Waals surface area contributed by atoms with Crippen molar-refractivity contribution in [3.05, 3.63) is 0 Å². The normalized spacial score (nSPS) is 15.6. The Kier molecular flexibility index (Phi) is 13.6. The SMILES string of the molecule is CCC(C)(CCC(=O)OCCOC(=O)CCCC(C)(C)C(=O)OC(C)C(F)(F)F)C(=O)OC(C)C(F)(F)F. The summed E-state index contributed by atoms with van der Waals surface area (Å²) in [5.74, 6) is -3.58. The van der Waals surface area contributed by atoms with Crippen LogP contribution in [0.5, 0.6) is 0 Å². The highest BCUT2D eigenvalue weighted by Crippen LogP contribution is 2.32. The number of ether oxygens (including phenoxy) is 4. The van der Waals surface area contributed by atoms with Crippen LogP contribution < -0.4 is 0 Å². The predicted octanol–water partition coefficient (Wildman–Crippen LogP) is 5.45. The summed E-state index contributed by atoms with van der Waals surface area (Å²) in [6.07, 6.45) is -14.2. The molecule has 0 spiro atoms. The van der Waals surface area contributed by atoms with Crippen LogP contribution in [0.25, 0.3) is 0 Å². The number of hydrogen-bond donors (Lipinski definition) is 0. The van der Waals surface area contributed by atoms with Crippen LogP contribution in [0.4, 0.5) is 26.3 Å². The van der Waals surface area contributed by atoms with Gasteiger partial charge in [0.05, 0.1) is 10.8 Å². The Morgan fingerprint density at radius 3 is 1.53 bits per heavy atom. The fourth-order valence-electron chi connectivity index (χ4n) is 2.79. The fourth-order valence-corrected chi connectivity index (χ4v) is 2.79. The van der Waals surface area contributed by atoms with Crippen molar-refractivity contribution >= 4 is 23.9 Å². The van der Waals surface area contributed by atoms with Gasteiger partial charge < -0.3 is 18.9 Å². The van der Waals surface area contributed by atoms with E-state index in [1.807, 2.05) is 0 Å². The number of alkyl halides is 6. The van der Waals surface area contributed by atoms with Crippen LogP contribution in [0.1, 0.15) is 80.1 Å². The molecule has 0 amide bonds. The van der Waals surface area contributed by atoms with E-state index in [1.165, 1.54) is 20.8 Å². The van der Waals surface area contributed by atoms with Gasteiger partial charge in [0.2, 0.25) is 0 Å². The molecule has 0 radical (unpaired) electrons. The number of carbonyl (C=O) groups excluding carboxylic acids is 4. The Morgan fingerprint density at radius 2 is 1.11 bits per heavy atom. The summed E-state index contributed by atoms with van der Waals surface area (Å²) in [6.45, 7) is 6.55. The number of rotatable bonds is 15. The Hall–Kier alpha value is -2.54. The minimum absolute atomic E-state index is 0.0564. The van der Waals surface area contributed by atoms with Crippen molar-refractivity contribution in [2.24, 2.45) is 10.8 Å². The van der Waals surface area contributed by atoms with Crippen molar-refractivity contribution in [3.8, 4) is 0 Å². The molecule has 0 aromatic carbocycles. The molecular weight excluding hydrogens is 530 g/mol. The second kappa shape index (κ2) is 14.6. The van der Waals surface area contributed by atoms with Crippen molar-refractivity contribution in [1.82, 2.24) is 0 Å². The smallest absolute Gasteiger partial charge is 0.425 e. The van der Waals surface area contributed by atoms with Gasteiger partial charge in [-0.25, -0.2) is 0 Å². The van der Waals surface area contributed by atoms with Gasteiger partial charge in [0.15, 0.2) is 12.2 Å². The highest BCUT2D eigenvalue weighted by atomic mass is 19.4. The van der Waals surface area contributed by atoms with Crippen LogP contribution in [0.3, 0.4) is 0 Å². The van der Waals surface area contributed by atoms with Crippen molar-refractivity contribution < 1.29 is 64.5 Å². The maximum absolute atomic E-state index is 12.6. The van der Waals surface area contributed by atoms with Crippen LogP contribution in [0.15, 0.2) is 0 Å². The summed E-state index contributed by atoms with van der Waals surface area (Å²) in [5, 5.41) is 0. The number of esters is 4. The van der Waals surface area contributed by atoms with Crippen LogP contribution in [0.2, 0.25) is 0 Å². The summed E-state index contributed by atoms with van der Waals surface area (Å²) >= 11 is 0. The largest absolute Gasteiger partial charge is 0.462 e. The monoisotopic (exact) mass is 566 g/mol. The summed E-state index contributed by atoms with van der Waals surface area (Å²) in [6, 6.07) is 0. The first-order valence-electron chi connectivity index (χ1n) is 12.0. The molecule has 0 aromatic rings. The molecule has 0 aliphatic carbocycles. The third-order valence-corrected chi connectivity index (χ3v) is 5.99. The van der Waals surface area contributed by atoms with Gasteiger partial charge in [-0.05, 0) is 60.3 Å². The summed E-state index contributed by atoms with van der Waals surface area (Å²) in [5.41, 5.74) is -2.60. The molecule has 0 heterocycles. The third kappa shape index (κ3) is 12.8. The number of hydrogen-bond acceptors (Lipinski definition) is 8. The van der Waals surface area contributed by atoms with E-state index in [0.29, 0.717) is 13.8 Å². The fraction of sp³-hybridized carbons (Fsp3) is 0.833. The van der Waals surface area contributed by atoms with E-state index < -0.39 is 59.3 Å². The minimum atomic E-state index is -4.71. The van der Waals surface area contributed by atoms with E-state index in [0.717, 1.165) is 0 Å². The topological polar surface area (TPSA) is 105 Å². The molecule has 14 heteroatoms. The van der Waals surface area contributed by atoms with Crippen molar-refractivity contribution in [2.45, 2.75) is 105 Å². The highest BCUT2D eigenvalue weighted by Gasteiger charge is 2.43. The molecule has 3 unspecified atom stereocenters. The lowest BCUT2D eigenvalue weighted by Gasteiger charge is -2.28. The first-order valence-corrected chi connectivity index (χ1v) is 12.0. The van der Waals surface area contributed by atoms with Crippen LogP contribution >= 0.6 is 0 Å². The Labute approximate surface area is 217 Å². The molecule has 0 aromatic heterocycles. The molecule has 222 valence electrons. The summed E-state index contributed by atoms with van der Waals surface area (Å²) < 4.78 is 94.3. The van der Waals surface area contributed by atoms with Crippen molar-refractivity contribution in [1.29, 1.82) is 0 Å². The number of carbonyl (C=O) groups is 4. The molecule has 38 heavy (non-hydrogen) atoms. The van der Waals surface area contributed by atoms with Gasteiger partial charge in [0, 0.05) is 12.8 Å². The molecule has 0 fully saturated rings. The quantitative estimate of drug-likeness (QED) is 0.112. The molecule has 0 aliphatic rings. The van der Waals surface area contributed by atoms with E-state index in [9.17, 15) is 45.5 Å². The first-order chi connectivity index (χ1) is 17.2. The first kappa shape index (κ1) is 35.5. The molecule has 8 nitrogen and oxygen atoms in total. The van der Waals surface area contributed by atoms with E-state index in [1.54, 1.807) is 6.92 Å². The zero-order valence-corrected chi connectivity index (χ0v) is 22.3. The Balaban J connectivity index is 4.35. The van der Waals surface area contributed by atoms with Crippen LogP contribution in [-0.4, -0.2) is 61.7 Å². The van der Waals surface area contributed by atoms with Gasteiger partial charge >= 0.3 is 36.2 Å². The lowest BCUT2D eigenvalue weighted by molar-refractivity contribution is -0.221. The molecule has 3 atom stereocenters. The Morgan fingerprint density at radius 1 is 0.684 bits per heavy atom. The molecule has 0 saturated carbocycles. The Bertz CT molecular complexity index is 809. The predicted molar refractivity (Wildman–Crippen MR) is 120 cm³/mol. The van der Waals surface area contributed by atoms with Gasteiger partial charge in [0.1, 0.15) is 13.2 Å². The average molecular weight is 567 g/mol. The molecule has 0 bridgehead atoms. The molecule has 0 N–H and O–H groups in total. The second-order valence-electron chi connectivity index (χ2n) is 9.77. The van der Waals surface area contributed by atoms with E-state index in [4.69, 9.17) is 9.47 Å². The third-order valence-electron chi connectivity index (χ3n) is 5.99. The van der Waals surface area contributed by atoms with E-state index >= 15 is 0 Å².